The Kier molecular flexibility index (Phi) is 6.38. The number of nitrogens with one attached hydrogen (secondary N) is 1. The van der Waals surface area contributed by atoms with E-state index >= 15 is 0 Å². The molecular formula is C12H22N2O3S2. The molecule has 7 heteroatoms. The first kappa shape index (κ1) is 16.6. The molecule has 19 heavy (non-hydrogen) atoms. The lowest BCUT2D eigenvalue weighted by Crippen LogP contribution is -2.18. The maximum absolute atomic E-state index is 11.3. The van der Waals surface area contributed by atoms with Crippen molar-refractivity contribution in [3.8, 4) is 0 Å². The summed E-state index contributed by atoms with van der Waals surface area (Å²) in [5, 5.41) is 3.95. The van der Waals surface area contributed by atoms with Crippen molar-refractivity contribution in [1.29, 1.82) is 0 Å². The van der Waals surface area contributed by atoms with Crippen LogP contribution in [0.3, 0.4) is 0 Å². The zero-order valence-corrected chi connectivity index (χ0v) is 13.5. The second kappa shape index (κ2) is 7.33. The number of methoxy groups -OCH3 is 1. The summed E-state index contributed by atoms with van der Waals surface area (Å²) in [4.78, 5) is 5.58. The van der Waals surface area contributed by atoms with E-state index < -0.39 is 9.84 Å². The molecule has 0 aliphatic heterocycles. The number of ether oxygens (including phenoxy) is 1. The predicted molar refractivity (Wildman–Crippen MR) is 78.3 cm³/mol. The van der Waals surface area contributed by atoms with E-state index in [1.807, 2.05) is 0 Å². The van der Waals surface area contributed by atoms with Gasteiger partial charge in [-0.05, 0) is 5.92 Å². The third-order valence-electron chi connectivity index (χ3n) is 2.47. The SMILES string of the molecule is COCCNCc1sc(CS(C)(=O)=O)nc1C(C)C. The van der Waals surface area contributed by atoms with Crippen molar-refractivity contribution >= 4 is 21.2 Å². The Morgan fingerprint density at radius 2 is 2.11 bits per heavy atom. The van der Waals surface area contributed by atoms with E-state index in [0.29, 0.717) is 24.1 Å². The van der Waals surface area contributed by atoms with Crippen LogP contribution in [-0.4, -0.2) is 39.9 Å². The molecule has 0 aromatic carbocycles. The molecule has 1 aromatic heterocycles. The summed E-state index contributed by atoms with van der Waals surface area (Å²) in [6, 6.07) is 0. The number of hydrogen-bond acceptors (Lipinski definition) is 6. The minimum Gasteiger partial charge on any atom is -0.383 e. The first-order valence-corrected chi connectivity index (χ1v) is 9.07. The van der Waals surface area contributed by atoms with Crippen molar-refractivity contribution in [2.24, 2.45) is 0 Å². The van der Waals surface area contributed by atoms with Gasteiger partial charge in [-0.3, -0.25) is 0 Å². The van der Waals surface area contributed by atoms with Crippen LogP contribution in [-0.2, 0) is 26.9 Å². The van der Waals surface area contributed by atoms with E-state index in [9.17, 15) is 8.42 Å². The Morgan fingerprint density at radius 3 is 2.63 bits per heavy atom. The molecule has 0 aliphatic rings. The summed E-state index contributed by atoms with van der Waals surface area (Å²) >= 11 is 1.48. The van der Waals surface area contributed by atoms with Gasteiger partial charge in [0.25, 0.3) is 0 Å². The Hall–Kier alpha value is -0.500. The van der Waals surface area contributed by atoms with Crippen LogP contribution in [0.5, 0.6) is 0 Å². The van der Waals surface area contributed by atoms with E-state index in [4.69, 9.17) is 4.74 Å². The molecule has 110 valence electrons. The Balaban J connectivity index is 2.77. The first-order valence-electron chi connectivity index (χ1n) is 6.19. The lowest BCUT2D eigenvalue weighted by Gasteiger charge is -2.06. The van der Waals surface area contributed by atoms with E-state index in [1.54, 1.807) is 7.11 Å². The van der Waals surface area contributed by atoms with Crippen molar-refractivity contribution in [3.05, 3.63) is 15.6 Å². The number of nitrogens with zero attached hydrogens (tertiary/aromatic N) is 1. The molecule has 0 saturated carbocycles. The molecule has 5 nitrogen and oxygen atoms in total. The first-order chi connectivity index (χ1) is 8.83. The molecule has 1 N–H and O–H groups in total. The van der Waals surface area contributed by atoms with Gasteiger partial charge in [0.2, 0.25) is 0 Å². The number of thiazole rings is 1. The molecule has 0 atom stereocenters. The second-order valence-corrected chi connectivity index (χ2v) is 8.12. The van der Waals surface area contributed by atoms with Gasteiger partial charge in [-0.15, -0.1) is 11.3 Å². The number of rotatable bonds is 8. The normalized spacial score (nSPS) is 12.3. The molecule has 1 aromatic rings. The Morgan fingerprint density at radius 1 is 1.42 bits per heavy atom. The molecule has 0 amide bonds. The van der Waals surface area contributed by atoms with Gasteiger partial charge < -0.3 is 10.1 Å². The molecule has 1 heterocycles. The van der Waals surface area contributed by atoms with Gasteiger partial charge in [0.05, 0.1) is 12.3 Å². The summed E-state index contributed by atoms with van der Waals surface area (Å²) in [7, 11) is -1.36. The van der Waals surface area contributed by atoms with E-state index in [1.165, 1.54) is 17.6 Å². The van der Waals surface area contributed by atoms with E-state index in [2.05, 4.69) is 24.1 Å². The van der Waals surface area contributed by atoms with Crippen LogP contribution < -0.4 is 5.32 Å². The van der Waals surface area contributed by atoms with Gasteiger partial charge >= 0.3 is 0 Å². The third kappa shape index (κ3) is 5.99. The summed E-state index contributed by atoms with van der Waals surface area (Å²) in [6.07, 6.45) is 1.24. The zero-order chi connectivity index (χ0) is 14.5. The zero-order valence-electron chi connectivity index (χ0n) is 11.9. The monoisotopic (exact) mass is 306 g/mol. The van der Waals surface area contributed by atoms with Crippen LogP contribution in [0.1, 0.15) is 35.3 Å². The lowest BCUT2D eigenvalue weighted by molar-refractivity contribution is 0.199. The van der Waals surface area contributed by atoms with Gasteiger partial charge in [0.15, 0.2) is 9.84 Å². The van der Waals surface area contributed by atoms with Crippen LogP contribution >= 0.6 is 11.3 Å². The second-order valence-electron chi connectivity index (χ2n) is 4.81. The van der Waals surface area contributed by atoms with E-state index in [-0.39, 0.29) is 5.75 Å². The van der Waals surface area contributed by atoms with Gasteiger partial charge in [-0.25, -0.2) is 13.4 Å². The fourth-order valence-electron chi connectivity index (χ4n) is 1.65. The Bertz CT molecular complexity index is 495. The Labute approximate surface area is 119 Å². The number of hydrogen-bond donors (Lipinski definition) is 1. The summed E-state index contributed by atoms with van der Waals surface area (Å²) in [5.74, 6) is 0.318. The molecular weight excluding hydrogens is 284 g/mol. The highest BCUT2D eigenvalue weighted by Gasteiger charge is 2.16. The molecule has 0 fully saturated rings. The summed E-state index contributed by atoms with van der Waals surface area (Å²) in [5.41, 5.74) is 0.994. The van der Waals surface area contributed by atoms with Crippen molar-refractivity contribution in [2.45, 2.75) is 32.1 Å². The van der Waals surface area contributed by atoms with Gasteiger partial charge in [0, 0.05) is 31.3 Å². The minimum absolute atomic E-state index is 0.0233. The van der Waals surface area contributed by atoms with Crippen LogP contribution in [0.2, 0.25) is 0 Å². The third-order valence-corrected chi connectivity index (χ3v) is 4.52. The standard InChI is InChI=1S/C12H22N2O3S2/c1-9(2)12-10(7-13-5-6-17-3)18-11(14-12)8-19(4,15)16/h9,13H,5-8H2,1-4H3. The van der Waals surface area contributed by atoms with Crippen LogP contribution in [0.4, 0.5) is 0 Å². The molecule has 0 spiro atoms. The van der Waals surface area contributed by atoms with Crippen LogP contribution in [0.15, 0.2) is 0 Å². The van der Waals surface area contributed by atoms with E-state index in [0.717, 1.165) is 17.1 Å². The van der Waals surface area contributed by atoms with Crippen molar-refractivity contribution in [2.75, 3.05) is 26.5 Å². The average Bonchev–Trinajstić information content (AvgIpc) is 2.65. The van der Waals surface area contributed by atoms with Crippen molar-refractivity contribution in [3.63, 3.8) is 0 Å². The maximum atomic E-state index is 11.3. The van der Waals surface area contributed by atoms with Gasteiger partial charge in [-0.2, -0.15) is 0 Å². The molecule has 1 rings (SSSR count). The fraction of sp³-hybridized carbons (Fsp3) is 0.750. The summed E-state index contributed by atoms with van der Waals surface area (Å²) < 4.78 is 27.6. The highest BCUT2D eigenvalue weighted by molar-refractivity contribution is 7.90. The number of aromatic nitrogens is 1. The molecule has 0 unspecified atom stereocenters. The summed E-state index contributed by atoms with van der Waals surface area (Å²) in [6.45, 7) is 6.27. The lowest BCUT2D eigenvalue weighted by atomic mass is 10.1. The van der Waals surface area contributed by atoms with Gasteiger partial charge in [0.1, 0.15) is 10.8 Å². The topological polar surface area (TPSA) is 68.3 Å². The van der Waals surface area contributed by atoms with Crippen LogP contribution in [0, 0.1) is 0 Å². The van der Waals surface area contributed by atoms with Crippen LogP contribution in [0.25, 0.3) is 0 Å². The smallest absolute Gasteiger partial charge is 0.153 e. The average molecular weight is 306 g/mol. The quantitative estimate of drug-likeness (QED) is 0.738. The molecule has 0 saturated heterocycles. The van der Waals surface area contributed by atoms with Crippen molar-refractivity contribution < 1.29 is 13.2 Å². The maximum Gasteiger partial charge on any atom is 0.153 e. The highest BCUT2D eigenvalue weighted by atomic mass is 32.2. The fourth-order valence-corrected chi connectivity index (χ4v) is 4.03. The largest absolute Gasteiger partial charge is 0.383 e. The van der Waals surface area contributed by atoms with Gasteiger partial charge in [-0.1, -0.05) is 13.8 Å². The molecule has 0 aliphatic carbocycles. The number of sulfone groups is 1. The molecule has 0 bridgehead atoms. The predicted octanol–water partition coefficient (Wildman–Crippen LogP) is 1.55. The minimum atomic E-state index is -3.03. The van der Waals surface area contributed by atoms with Crippen molar-refractivity contribution in [1.82, 2.24) is 10.3 Å². The highest BCUT2D eigenvalue weighted by Crippen LogP contribution is 2.26. The molecule has 0 radical (unpaired) electrons.